The third-order valence-corrected chi connectivity index (χ3v) is 5.52. The zero-order valence-electron chi connectivity index (χ0n) is 14.3. The minimum Gasteiger partial charge on any atom is -0.323 e. The first-order valence-electron chi connectivity index (χ1n) is 8.80. The summed E-state index contributed by atoms with van der Waals surface area (Å²) >= 11 is 11.9. The fourth-order valence-electron chi connectivity index (χ4n) is 3.59. The SMILES string of the molecule is O=C(CN1C(=O)NC2(CCCCCCC2)C1=O)Nc1cc(Cl)ccc1Cl. The predicted molar refractivity (Wildman–Crippen MR) is 100 cm³/mol. The molecule has 2 fully saturated rings. The Morgan fingerprint density at radius 3 is 2.46 bits per heavy atom. The summed E-state index contributed by atoms with van der Waals surface area (Å²) in [6.07, 6.45) is 6.29. The van der Waals surface area contributed by atoms with Gasteiger partial charge in [-0.25, -0.2) is 4.79 Å². The van der Waals surface area contributed by atoms with Crippen LogP contribution in [0.25, 0.3) is 0 Å². The molecule has 8 heteroatoms. The second-order valence-corrected chi connectivity index (χ2v) is 7.69. The number of benzene rings is 1. The fraction of sp³-hybridized carbons (Fsp3) is 0.500. The summed E-state index contributed by atoms with van der Waals surface area (Å²) in [7, 11) is 0. The molecule has 26 heavy (non-hydrogen) atoms. The first kappa shape index (κ1) is 19.0. The number of nitrogens with zero attached hydrogens (tertiary/aromatic N) is 1. The lowest BCUT2D eigenvalue weighted by atomic mass is 9.84. The van der Waals surface area contributed by atoms with Gasteiger partial charge in [-0.1, -0.05) is 55.3 Å². The highest BCUT2D eigenvalue weighted by Crippen LogP contribution is 2.32. The first-order valence-corrected chi connectivity index (χ1v) is 9.56. The number of nitrogens with one attached hydrogen (secondary N) is 2. The van der Waals surface area contributed by atoms with Crippen molar-refractivity contribution in [3.8, 4) is 0 Å². The Balaban J connectivity index is 1.69. The van der Waals surface area contributed by atoms with E-state index in [0.29, 0.717) is 28.6 Å². The van der Waals surface area contributed by atoms with Gasteiger partial charge in [-0.3, -0.25) is 14.5 Å². The molecule has 4 amide bonds. The smallest absolute Gasteiger partial charge is 0.323 e. The van der Waals surface area contributed by atoms with Gasteiger partial charge in [0.2, 0.25) is 5.91 Å². The van der Waals surface area contributed by atoms with Crippen molar-refractivity contribution in [2.45, 2.75) is 50.5 Å². The minimum absolute atomic E-state index is 0.309. The van der Waals surface area contributed by atoms with E-state index in [1.807, 2.05) is 0 Å². The summed E-state index contributed by atoms with van der Waals surface area (Å²) in [4.78, 5) is 38.5. The predicted octanol–water partition coefficient (Wildman–Crippen LogP) is 3.97. The highest BCUT2D eigenvalue weighted by atomic mass is 35.5. The van der Waals surface area contributed by atoms with Crippen LogP contribution in [-0.2, 0) is 9.59 Å². The highest BCUT2D eigenvalue weighted by Gasteiger charge is 2.50. The van der Waals surface area contributed by atoms with Gasteiger partial charge in [0.25, 0.3) is 5.91 Å². The molecular weight excluding hydrogens is 377 g/mol. The second kappa shape index (κ2) is 7.84. The monoisotopic (exact) mass is 397 g/mol. The molecule has 0 bridgehead atoms. The van der Waals surface area contributed by atoms with Gasteiger partial charge in [0, 0.05) is 5.02 Å². The van der Waals surface area contributed by atoms with Crippen LogP contribution >= 0.6 is 23.2 Å². The Morgan fingerprint density at radius 1 is 1.12 bits per heavy atom. The third kappa shape index (κ3) is 3.96. The largest absolute Gasteiger partial charge is 0.325 e. The van der Waals surface area contributed by atoms with Crippen LogP contribution in [-0.4, -0.2) is 34.8 Å². The molecule has 2 N–H and O–H groups in total. The van der Waals surface area contributed by atoms with Crippen LogP contribution in [0.3, 0.4) is 0 Å². The summed E-state index contributed by atoms with van der Waals surface area (Å²) in [6.45, 7) is -0.352. The molecule has 1 saturated carbocycles. The van der Waals surface area contributed by atoms with Crippen molar-refractivity contribution in [1.82, 2.24) is 10.2 Å². The van der Waals surface area contributed by atoms with E-state index >= 15 is 0 Å². The molecule has 3 rings (SSSR count). The minimum atomic E-state index is -0.856. The van der Waals surface area contributed by atoms with Crippen LogP contribution in [0.5, 0.6) is 0 Å². The summed E-state index contributed by atoms with van der Waals surface area (Å²) in [5.74, 6) is -0.808. The van der Waals surface area contributed by atoms with Gasteiger partial charge in [-0.15, -0.1) is 0 Å². The number of hydrogen-bond acceptors (Lipinski definition) is 3. The lowest BCUT2D eigenvalue weighted by Crippen LogP contribution is -2.47. The van der Waals surface area contributed by atoms with Gasteiger partial charge in [0.05, 0.1) is 10.7 Å². The fourth-order valence-corrected chi connectivity index (χ4v) is 3.93. The third-order valence-electron chi connectivity index (χ3n) is 4.96. The summed E-state index contributed by atoms with van der Waals surface area (Å²) in [6, 6.07) is 4.18. The van der Waals surface area contributed by atoms with Gasteiger partial charge in [-0.05, 0) is 31.0 Å². The number of rotatable bonds is 3. The molecule has 0 unspecified atom stereocenters. The summed E-state index contributed by atoms with van der Waals surface area (Å²) < 4.78 is 0. The quantitative estimate of drug-likeness (QED) is 0.757. The molecule has 1 spiro atoms. The molecule has 0 atom stereocenters. The van der Waals surface area contributed by atoms with Crippen LogP contribution in [0.4, 0.5) is 10.5 Å². The van der Waals surface area contributed by atoms with E-state index in [0.717, 1.165) is 37.0 Å². The van der Waals surface area contributed by atoms with Crippen molar-refractivity contribution in [2.24, 2.45) is 0 Å². The lowest BCUT2D eigenvalue weighted by molar-refractivity contribution is -0.134. The van der Waals surface area contributed by atoms with Crippen LogP contribution < -0.4 is 10.6 Å². The Morgan fingerprint density at radius 2 is 1.77 bits per heavy atom. The van der Waals surface area contributed by atoms with E-state index in [9.17, 15) is 14.4 Å². The second-order valence-electron chi connectivity index (χ2n) is 6.84. The first-order chi connectivity index (χ1) is 12.4. The van der Waals surface area contributed by atoms with Gasteiger partial charge in [0.15, 0.2) is 0 Å². The number of carbonyl (C=O) groups excluding carboxylic acids is 3. The molecule has 2 aliphatic rings. The molecule has 1 aromatic carbocycles. The summed E-state index contributed by atoms with van der Waals surface area (Å²) in [5.41, 5.74) is -0.511. The molecule has 1 aliphatic heterocycles. The van der Waals surface area contributed by atoms with E-state index < -0.39 is 17.5 Å². The summed E-state index contributed by atoms with van der Waals surface area (Å²) in [5, 5.41) is 6.19. The van der Waals surface area contributed by atoms with Crippen LogP contribution in [0.2, 0.25) is 10.0 Å². The number of halogens is 2. The maximum absolute atomic E-state index is 12.9. The number of imide groups is 1. The average Bonchev–Trinajstić information content (AvgIpc) is 2.80. The number of carbonyl (C=O) groups is 3. The normalized spacial score (nSPS) is 19.8. The molecule has 1 heterocycles. The topological polar surface area (TPSA) is 78.5 Å². The molecule has 1 saturated heterocycles. The van der Waals surface area contributed by atoms with E-state index in [4.69, 9.17) is 23.2 Å². The van der Waals surface area contributed by atoms with E-state index in [1.54, 1.807) is 12.1 Å². The highest BCUT2D eigenvalue weighted by molar-refractivity contribution is 6.35. The maximum atomic E-state index is 12.9. The van der Waals surface area contributed by atoms with E-state index in [2.05, 4.69) is 10.6 Å². The van der Waals surface area contributed by atoms with Crippen molar-refractivity contribution in [3.05, 3.63) is 28.2 Å². The van der Waals surface area contributed by atoms with E-state index in [1.165, 1.54) is 6.07 Å². The van der Waals surface area contributed by atoms with Gasteiger partial charge in [0.1, 0.15) is 12.1 Å². The van der Waals surface area contributed by atoms with Crippen LogP contribution in [0.1, 0.15) is 44.9 Å². The Labute approximate surface area is 162 Å². The molecule has 140 valence electrons. The maximum Gasteiger partial charge on any atom is 0.325 e. The Hall–Kier alpha value is -1.79. The molecule has 0 radical (unpaired) electrons. The standard InChI is InChI=1S/C18H21Cl2N3O3/c19-12-6-7-13(20)14(10-12)21-15(24)11-23-16(25)18(22-17(23)26)8-4-2-1-3-5-9-18/h6-7,10H,1-5,8-9,11H2,(H,21,24)(H,22,26). The Kier molecular flexibility index (Phi) is 5.73. The van der Waals surface area contributed by atoms with Gasteiger partial charge >= 0.3 is 6.03 Å². The lowest BCUT2D eigenvalue weighted by Gasteiger charge is -2.28. The Bertz CT molecular complexity index is 730. The zero-order chi connectivity index (χ0) is 18.7. The van der Waals surface area contributed by atoms with Gasteiger partial charge in [-0.2, -0.15) is 0 Å². The number of anilines is 1. The van der Waals surface area contributed by atoms with Crippen molar-refractivity contribution >= 4 is 46.7 Å². The molecule has 0 aromatic heterocycles. The zero-order valence-corrected chi connectivity index (χ0v) is 15.8. The van der Waals surface area contributed by atoms with Crippen LogP contribution in [0, 0.1) is 0 Å². The number of urea groups is 1. The number of amides is 4. The molecular formula is C18H21Cl2N3O3. The molecule has 6 nitrogen and oxygen atoms in total. The average molecular weight is 398 g/mol. The van der Waals surface area contributed by atoms with Crippen molar-refractivity contribution in [1.29, 1.82) is 0 Å². The van der Waals surface area contributed by atoms with Crippen LogP contribution in [0.15, 0.2) is 18.2 Å². The van der Waals surface area contributed by atoms with E-state index in [-0.39, 0.29) is 12.5 Å². The van der Waals surface area contributed by atoms with Crippen molar-refractivity contribution < 1.29 is 14.4 Å². The van der Waals surface area contributed by atoms with Crippen molar-refractivity contribution in [3.63, 3.8) is 0 Å². The number of hydrogen-bond donors (Lipinski definition) is 2. The molecule has 1 aliphatic carbocycles. The molecule has 1 aromatic rings. The van der Waals surface area contributed by atoms with Crippen molar-refractivity contribution in [2.75, 3.05) is 11.9 Å². The van der Waals surface area contributed by atoms with Gasteiger partial charge < -0.3 is 10.6 Å².